The van der Waals surface area contributed by atoms with Gasteiger partial charge in [0.15, 0.2) is 11.5 Å². The van der Waals surface area contributed by atoms with Crippen molar-refractivity contribution in [2.75, 3.05) is 33.4 Å². The number of benzene rings is 2. The molecule has 0 unspecified atom stereocenters. The number of likely N-dealkylation sites (N-methyl/N-ethyl adjacent to an activating group) is 1. The first-order valence-electron chi connectivity index (χ1n) is 8.08. The summed E-state index contributed by atoms with van der Waals surface area (Å²) in [5.74, 6) is 1.64. The monoisotopic (exact) mass is 361 g/mol. The average molecular weight is 362 g/mol. The van der Waals surface area contributed by atoms with E-state index in [1.165, 1.54) is 5.56 Å². The molecule has 0 fully saturated rings. The van der Waals surface area contributed by atoms with Crippen LogP contribution in [0.15, 0.2) is 36.4 Å². The van der Waals surface area contributed by atoms with Gasteiger partial charge in [0.25, 0.3) is 5.91 Å². The normalized spacial score (nSPS) is 12.6. The zero-order chi connectivity index (χ0) is 17.8. The summed E-state index contributed by atoms with van der Waals surface area (Å²) in [5, 5.41) is 0.379. The molecular formula is C19H20ClNO4. The Bertz CT molecular complexity index is 761. The number of rotatable bonds is 5. The van der Waals surface area contributed by atoms with Crippen LogP contribution in [0.5, 0.6) is 17.2 Å². The third kappa shape index (κ3) is 4.17. The summed E-state index contributed by atoms with van der Waals surface area (Å²) in [6.07, 6.45) is 0. The van der Waals surface area contributed by atoms with E-state index in [9.17, 15) is 4.79 Å². The molecule has 0 radical (unpaired) electrons. The molecule has 2 aromatic rings. The first kappa shape index (κ1) is 17.4. The predicted octanol–water partition coefficient (Wildman–Crippen LogP) is 3.57. The highest BCUT2D eigenvalue weighted by Gasteiger charge is 2.21. The number of hydrogen-bond acceptors (Lipinski definition) is 4. The lowest BCUT2D eigenvalue weighted by molar-refractivity contribution is 0.0772. The van der Waals surface area contributed by atoms with Crippen molar-refractivity contribution in [2.45, 2.75) is 6.92 Å². The van der Waals surface area contributed by atoms with Crippen LogP contribution in [0.4, 0.5) is 0 Å². The van der Waals surface area contributed by atoms with Crippen molar-refractivity contribution >= 4 is 17.5 Å². The molecule has 1 aliphatic heterocycles. The van der Waals surface area contributed by atoms with Gasteiger partial charge in [-0.15, -0.1) is 0 Å². The van der Waals surface area contributed by atoms with Crippen LogP contribution < -0.4 is 14.2 Å². The summed E-state index contributed by atoms with van der Waals surface area (Å²) in [6.45, 7) is 3.79. The number of ether oxygens (including phenoxy) is 3. The molecule has 3 rings (SSSR count). The minimum absolute atomic E-state index is 0.147. The molecule has 0 aliphatic carbocycles. The standard InChI is InChI=1S/C19H20ClNO4/c1-13-3-5-15(6-4-13)23-8-7-21(2)19(22)14-11-16(20)18-17(12-14)24-9-10-25-18/h3-6,11-12H,7-10H2,1-2H3. The fourth-order valence-corrected chi connectivity index (χ4v) is 2.76. The van der Waals surface area contributed by atoms with E-state index in [4.69, 9.17) is 25.8 Å². The highest BCUT2D eigenvalue weighted by atomic mass is 35.5. The molecular weight excluding hydrogens is 342 g/mol. The maximum Gasteiger partial charge on any atom is 0.253 e. The number of fused-ring (bicyclic) bond motifs is 1. The largest absolute Gasteiger partial charge is 0.492 e. The first-order valence-corrected chi connectivity index (χ1v) is 8.46. The van der Waals surface area contributed by atoms with Crippen molar-refractivity contribution < 1.29 is 19.0 Å². The summed E-state index contributed by atoms with van der Waals surface area (Å²) in [7, 11) is 1.73. The third-order valence-corrected chi connectivity index (χ3v) is 4.19. The number of carbonyl (C=O) groups is 1. The van der Waals surface area contributed by atoms with Crippen LogP contribution in [0.1, 0.15) is 15.9 Å². The maximum atomic E-state index is 12.6. The van der Waals surface area contributed by atoms with Crippen molar-refractivity contribution in [1.82, 2.24) is 4.90 Å². The number of nitrogens with zero attached hydrogens (tertiary/aromatic N) is 1. The maximum absolute atomic E-state index is 12.6. The van der Waals surface area contributed by atoms with Gasteiger partial charge in [0.1, 0.15) is 25.6 Å². The Kier molecular flexibility index (Phi) is 5.34. The number of halogens is 1. The minimum Gasteiger partial charge on any atom is -0.492 e. The fraction of sp³-hybridized carbons (Fsp3) is 0.316. The smallest absolute Gasteiger partial charge is 0.253 e. The van der Waals surface area contributed by atoms with E-state index in [0.29, 0.717) is 48.5 Å². The average Bonchev–Trinajstić information content (AvgIpc) is 2.62. The number of amides is 1. The SMILES string of the molecule is Cc1ccc(OCCN(C)C(=O)c2cc(Cl)c3c(c2)OCCO3)cc1. The van der Waals surface area contributed by atoms with Crippen molar-refractivity contribution in [3.8, 4) is 17.2 Å². The molecule has 0 spiro atoms. The molecule has 5 nitrogen and oxygen atoms in total. The van der Waals surface area contributed by atoms with E-state index >= 15 is 0 Å². The van der Waals surface area contributed by atoms with Gasteiger partial charge in [-0.3, -0.25) is 4.79 Å². The van der Waals surface area contributed by atoms with Crippen molar-refractivity contribution in [2.24, 2.45) is 0 Å². The second-order valence-electron chi connectivity index (χ2n) is 5.87. The molecule has 0 atom stereocenters. The zero-order valence-electron chi connectivity index (χ0n) is 14.3. The van der Waals surface area contributed by atoms with Crippen LogP contribution in [0.3, 0.4) is 0 Å². The van der Waals surface area contributed by atoms with Crippen LogP contribution in [0.2, 0.25) is 5.02 Å². The van der Waals surface area contributed by atoms with E-state index < -0.39 is 0 Å². The van der Waals surface area contributed by atoms with Crippen LogP contribution in [-0.4, -0.2) is 44.2 Å². The molecule has 0 N–H and O–H groups in total. The summed E-state index contributed by atoms with van der Waals surface area (Å²) in [4.78, 5) is 14.2. The number of carbonyl (C=O) groups excluding carboxylic acids is 1. The Morgan fingerprint density at radius 3 is 2.68 bits per heavy atom. The molecule has 0 saturated heterocycles. The van der Waals surface area contributed by atoms with Gasteiger partial charge < -0.3 is 19.1 Å². The van der Waals surface area contributed by atoms with Crippen molar-refractivity contribution in [1.29, 1.82) is 0 Å². The lowest BCUT2D eigenvalue weighted by Gasteiger charge is -2.22. The summed E-state index contributed by atoms with van der Waals surface area (Å²) in [6, 6.07) is 11.1. The van der Waals surface area contributed by atoms with Gasteiger partial charge >= 0.3 is 0 Å². The van der Waals surface area contributed by atoms with Crippen LogP contribution >= 0.6 is 11.6 Å². The van der Waals surface area contributed by atoms with Gasteiger partial charge in [-0.2, -0.15) is 0 Å². The topological polar surface area (TPSA) is 48.0 Å². The van der Waals surface area contributed by atoms with E-state index in [1.54, 1.807) is 24.1 Å². The molecule has 25 heavy (non-hydrogen) atoms. The second-order valence-corrected chi connectivity index (χ2v) is 6.28. The van der Waals surface area contributed by atoms with Gasteiger partial charge in [0.05, 0.1) is 11.6 Å². The Labute approximate surface area is 152 Å². The second kappa shape index (κ2) is 7.66. The third-order valence-electron chi connectivity index (χ3n) is 3.91. The van der Waals surface area contributed by atoms with Gasteiger partial charge in [-0.1, -0.05) is 29.3 Å². The quantitative estimate of drug-likeness (QED) is 0.816. The van der Waals surface area contributed by atoms with Crippen molar-refractivity contribution in [3.63, 3.8) is 0 Å². The molecule has 132 valence electrons. The molecule has 2 aromatic carbocycles. The predicted molar refractivity (Wildman–Crippen MR) is 96.1 cm³/mol. The molecule has 1 amide bonds. The summed E-state index contributed by atoms with van der Waals surface area (Å²) >= 11 is 6.19. The molecule has 0 bridgehead atoms. The summed E-state index contributed by atoms with van der Waals surface area (Å²) in [5.41, 5.74) is 1.64. The van der Waals surface area contributed by atoms with Gasteiger partial charge in [-0.25, -0.2) is 0 Å². The van der Waals surface area contributed by atoms with Gasteiger partial charge in [-0.05, 0) is 31.2 Å². The Morgan fingerprint density at radius 1 is 1.20 bits per heavy atom. The van der Waals surface area contributed by atoms with E-state index in [-0.39, 0.29) is 5.91 Å². The van der Waals surface area contributed by atoms with E-state index in [1.807, 2.05) is 31.2 Å². The van der Waals surface area contributed by atoms with Gasteiger partial charge in [0, 0.05) is 12.6 Å². The van der Waals surface area contributed by atoms with Crippen LogP contribution in [0, 0.1) is 6.92 Å². The fourth-order valence-electron chi connectivity index (χ4n) is 2.49. The number of hydrogen-bond donors (Lipinski definition) is 0. The molecule has 6 heteroatoms. The Balaban J connectivity index is 1.60. The Hall–Kier alpha value is -2.40. The minimum atomic E-state index is -0.147. The van der Waals surface area contributed by atoms with E-state index in [2.05, 4.69) is 0 Å². The lowest BCUT2D eigenvalue weighted by atomic mass is 10.1. The van der Waals surface area contributed by atoms with Crippen LogP contribution in [0.25, 0.3) is 0 Å². The van der Waals surface area contributed by atoms with Gasteiger partial charge in [0.2, 0.25) is 0 Å². The van der Waals surface area contributed by atoms with Crippen LogP contribution in [-0.2, 0) is 0 Å². The molecule has 0 aromatic heterocycles. The lowest BCUT2D eigenvalue weighted by Crippen LogP contribution is -2.31. The van der Waals surface area contributed by atoms with Crippen molar-refractivity contribution in [3.05, 3.63) is 52.5 Å². The summed E-state index contributed by atoms with van der Waals surface area (Å²) < 4.78 is 16.7. The Morgan fingerprint density at radius 2 is 1.92 bits per heavy atom. The molecule has 0 saturated carbocycles. The molecule has 1 heterocycles. The van der Waals surface area contributed by atoms with E-state index in [0.717, 1.165) is 5.75 Å². The highest BCUT2D eigenvalue weighted by molar-refractivity contribution is 6.32. The zero-order valence-corrected chi connectivity index (χ0v) is 15.0. The molecule has 1 aliphatic rings. The number of aryl methyl sites for hydroxylation is 1. The first-order chi connectivity index (χ1) is 12.0. The highest BCUT2D eigenvalue weighted by Crippen LogP contribution is 2.38.